The fraction of sp³-hybridized carbons (Fsp3) is 0.191. The smallest absolute Gasteiger partial charge is 0.101 e. The number of hydrogen-bond acceptors (Lipinski definition) is 2. The van der Waals surface area contributed by atoms with Gasteiger partial charge in [-0.3, -0.25) is 0 Å². The summed E-state index contributed by atoms with van der Waals surface area (Å²) in [6.07, 6.45) is 0. The molecule has 0 N–H and O–H groups in total. The van der Waals surface area contributed by atoms with Gasteiger partial charge in [0.2, 0.25) is 0 Å². The first-order valence-corrected chi connectivity index (χ1v) is 17.6. The van der Waals surface area contributed by atoms with Crippen LogP contribution in [0, 0.1) is 29.6 Å². The monoisotopic (exact) mass is 660 g/mol. The van der Waals surface area contributed by atoms with Gasteiger partial charge in [-0.1, -0.05) is 96.1 Å². The van der Waals surface area contributed by atoms with Crippen LogP contribution in [-0.4, -0.2) is 9.13 Å². The zero-order valence-electron chi connectivity index (χ0n) is 30.3. The molecule has 4 nitrogen and oxygen atoms in total. The Morgan fingerprint density at radius 2 is 1.00 bits per heavy atom. The molecule has 0 saturated heterocycles. The number of aryl methyl sites for hydroxylation is 1. The van der Waals surface area contributed by atoms with Gasteiger partial charge < -0.3 is 9.13 Å². The van der Waals surface area contributed by atoms with Crippen molar-refractivity contribution < 1.29 is 0 Å². The van der Waals surface area contributed by atoms with E-state index < -0.39 is 0 Å². The van der Waals surface area contributed by atoms with E-state index in [1.807, 2.05) is 25.1 Å². The van der Waals surface area contributed by atoms with E-state index in [9.17, 15) is 10.5 Å². The Balaban J connectivity index is 1.51. The topological polar surface area (TPSA) is 57.4 Å². The van der Waals surface area contributed by atoms with Crippen LogP contribution in [0.5, 0.6) is 0 Å². The maximum Gasteiger partial charge on any atom is 0.101 e. The minimum atomic E-state index is -0.0105. The van der Waals surface area contributed by atoms with E-state index in [1.54, 1.807) is 0 Å². The highest BCUT2D eigenvalue weighted by molar-refractivity contribution is 6.11. The molecule has 0 fully saturated rings. The molecule has 0 spiro atoms. The normalized spacial score (nSPS) is 12.2. The summed E-state index contributed by atoms with van der Waals surface area (Å²) in [5.41, 5.74) is 12.5. The molecular formula is C47H40N4. The molecule has 0 saturated carbocycles. The lowest BCUT2D eigenvalue weighted by Gasteiger charge is -2.21. The van der Waals surface area contributed by atoms with Crippen LogP contribution in [0.3, 0.4) is 0 Å². The lowest BCUT2D eigenvalue weighted by Crippen LogP contribution is -2.10. The Bertz CT molecular complexity index is 2800. The van der Waals surface area contributed by atoms with Crippen LogP contribution in [0.15, 0.2) is 115 Å². The zero-order chi connectivity index (χ0) is 35.8. The summed E-state index contributed by atoms with van der Waals surface area (Å²) < 4.78 is 4.54. The molecule has 0 atom stereocenters. The maximum atomic E-state index is 11.0. The van der Waals surface area contributed by atoms with Crippen molar-refractivity contribution in [2.75, 3.05) is 0 Å². The molecule has 0 bridgehead atoms. The second-order valence-corrected chi connectivity index (χ2v) is 15.9. The number of aromatic nitrogens is 2. The lowest BCUT2D eigenvalue weighted by molar-refractivity contribution is 0.591. The Morgan fingerprint density at radius 1 is 0.490 bits per heavy atom. The standard InChI is InChI=1S/C47H40N4/c1-29-20-30(27-48)22-31(21-29)37-26-44(50-40-14-10-8-12-35(40)38-24-33(46(2,3)4)16-18-42(38)50)32(28-49)23-45(37)51-41-15-11-9-13-36(41)39-25-34(47(5,6)7)17-19-43(39)51/h8-26H,1-7H3. The molecule has 2 heterocycles. The van der Waals surface area contributed by atoms with Gasteiger partial charge in [-0.2, -0.15) is 10.5 Å². The van der Waals surface area contributed by atoms with Crippen LogP contribution >= 0.6 is 0 Å². The predicted molar refractivity (Wildman–Crippen MR) is 212 cm³/mol. The largest absolute Gasteiger partial charge is 0.309 e. The fourth-order valence-electron chi connectivity index (χ4n) is 7.67. The first-order chi connectivity index (χ1) is 24.4. The highest BCUT2D eigenvalue weighted by Gasteiger charge is 2.24. The van der Waals surface area contributed by atoms with Crippen molar-refractivity contribution >= 4 is 43.6 Å². The Morgan fingerprint density at radius 3 is 1.51 bits per heavy atom. The highest BCUT2D eigenvalue weighted by atomic mass is 15.0. The first-order valence-electron chi connectivity index (χ1n) is 17.6. The average molecular weight is 661 g/mol. The molecule has 0 amide bonds. The van der Waals surface area contributed by atoms with Crippen molar-refractivity contribution in [3.8, 4) is 34.6 Å². The summed E-state index contributed by atoms with van der Waals surface area (Å²) in [4.78, 5) is 0. The summed E-state index contributed by atoms with van der Waals surface area (Å²) in [5, 5.41) is 25.7. The lowest BCUT2D eigenvalue weighted by atomic mass is 9.86. The summed E-state index contributed by atoms with van der Waals surface area (Å²) in [6.45, 7) is 15.5. The summed E-state index contributed by atoms with van der Waals surface area (Å²) in [6, 6.07) is 45.7. The van der Waals surface area contributed by atoms with E-state index in [-0.39, 0.29) is 10.8 Å². The average Bonchev–Trinajstić information content (AvgIpc) is 3.62. The van der Waals surface area contributed by atoms with Crippen molar-refractivity contribution in [1.29, 1.82) is 10.5 Å². The summed E-state index contributed by atoms with van der Waals surface area (Å²) in [5.74, 6) is 0. The van der Waals surface area contributed by atoms with E-state index in [2.05, 4.69) is 160 Å². The molecule has 8 aromatic rings. The number of hydrogen-bond donors (Lipinski definition) is 0. The van der Waals surface area contributed by atoms with Crippen LogP contribution < -0.4 is 0 Å². The van der Waals surface area contributed by atoms with Gasteiger partial charge in [-0.25, -0.2) is 0 Å². The summed E-state index contributed by atoms with van der Waals surface area (Å²) in [7, 11) is 0. The van der Waals surface area contributed by atoms with Crippen LogP contribution in [0.4, 0.5) is 0 Å². The van der Waals surface area contributed by atoms with E-state index in [1.165, 1.54) is 16.5 Å². The Labute approximate surface area is 299 Å². The second kappa shape index (κ2) is 11.5. The van der Waals surface area contributed by atoms with Crippen LogP contribution in [0.25, 0.3) is 66.1 Å². The molecule has 4 heteroatoms. The third-order valence-electron chi connectivity index (χ3n) is 10.3. The summed E-state index contributed by atoms with van der Waals surface area (Å²) >= 11 is 0. The predicted octanol–water partition coefficient (Wildman–Crippen LogP) is 12.2. The molecule has 0 radical (unpaired) electrons. The van der Waals surface area contributed by atoms with Gasteiger partial charge in [0.25, 0.3) is 0 Å². The van der Waals surface area contributed by atoms with Crippen molar-refractivity contribution in [3.05, 3.63) is 143 Å². The molecule has 248 valence electrons. The Kier molecular flexibility index (Phi) is 7.23. The van der Waals surface area contributed by atoms with Crippen LogP contribution in [-0.2, 0) is 10.8 Å². The van der Waals surface area contributed by atoms with E-state index in [4.69, 9.17) is 0 Å². The van der Waals surface area contributed by atoms with Crippen LogP contribution in [0.1, 0.15) is 69.4 Å². The molecule has 0 aliphatic heterocycles. The van der Waals surface area contributed by atoms with Gasteiger partial charge in [0, 0.05) is 27.1 Å². The molecule has 0 unspecified atom stereocenters. The number of para-hydroxylation sites is 2. The zero-order valence-corrected chi connectivity index (χ0v) is 30.3. The van der Waals surface area contributed by atoms with Gasteiger partial charge in [0.05, 0.1) is 50.6 Å². The molecular weight excluding hydrogens is 621 g/mol. The number of benzene rings is 6. The molecule has 0 aliphatic rings. The van der Waals surface area contributed by atoms with Gasteiger partial charge in [-0.05, 0) is 101 Å². The van der Waals surface area contributed by atoms with Gasteiger partial charge in [-0.15, -0.1) is 0 Å². The number of rotatable bonds is 3. The highest BCUT2D eigenvalue weighted by Crippen LogP contribution is 2.42. The SMILES string of the molecule is Cc1cc(C#N)cc(-c2cc(-n3c4ccccc4c4cc(C(C)(C)C)ccc43)c(C#N)cc2-n2c3ccccc3c3cc(C(C)(C)C)ccc32)c1. The first kappa shape index (κ1) is 32.1. The Hall–Kier alpha value is -6.10. The number of nitrogens with zero attached hydrogens (tertiary/aromatic N) is 4. The van der Waals surface area contributed by atoms with Crippen LogP contribution in [0.2, 0.25) is 0 Å². The maximum absolute atomic E-state index is 11.0. The molecule has 6 aromatic carbocycles. The van der Waals surface area contributed by atoms with Crippen molar-refractivity contribution in [1.82, 2.24) is 9.13 Å². The van der Waals surface area contributed by atoms with Gasteiger partial charge in [0.1, 0.15) is 6.07 Å². The third kappa shape index (κ3) is 5.19. The van der Waals surface area contributed by atoms with Gasteiger partial charge in [0.15, 0.2) is 0 Å². The van der Waals surface area contributed by atoms with Crippen molar-refractivity contribution in [3.63, 3.8) is 0 Å². The van der Waals surface area contributed by atoms with Crippen molar-refractivity contribution in [2.45, 2.75) is 59.3 Å². The van der Waals surface area contributed by atoms with E-state index >= 15 is 0 Å². The molecule has 8 rings (SSSR count). The third-order valence-corrected chi connectivity index (χ3v) is 10.3. The van der Waals surface area contributed by atoms with E-state index in [0.717, 1.165) is 66.3 Å². The minimum Gasteiger partial charge on any atom is -0.309 e. The quantitative estimate of drug-likeness (QED) is 0.189. The molecule has 0 aliphatic carbocycles. The van der Waals surface area contributed by atoms with Crippen molar-refractivity contribution in [2.24, 2.45) is 0 Å². The van der Waals surface area contributed by atoms with Gasteiger partial charge >= 0.3 is 0 Å². The number of fused-ring (bicyclic) bond motifs is 6. The minimum absolute atomic E-state index is 0.0103. The fourth-order valence-corrected chi connectivity index (χ4v) is 7.67. The number of nitriles is 2. The molecule has 2 aromatic heterocycles. The second-order valence-electron chi connectivity index (χ2n) is 15.9. The molecule has 51 heavy (non-hydrogen) atoms. The van der Waals surface area contributed by atoms with E-state index in [0.29, 0.717) is 11.1 Å².